The van der Waals surface area contributed by atoms with E-state index in [4.69, 9.17) is 18.8 Å². The van der Waals surface area contributed by atoms with Gasteiger partial charge in [-0.15, -0.1) is 0 Å². The number of hydrogen-bond acceptors (Lipinski definition) is 4. The normalized spacial score (nSPS) is 19.9. The van der Waals surface area contributed by atoms with Crippen LogP contribution in [0.25, 0.3) is 0 Å². The Bertz CT molecular complexity index is 556. The van der Waals surface area contributed by atoms with Gasteiger partial charge >= 0.3 is 13.3 Å². The molecule has 8 heteroatoms. The third kappa shape index (κ3) is 3.64. The number of ether oxygens (including phenoxy) is 2. The molecule has 0 aromatic heterocycles. The van der Waals surface area contributed by atoms with Crippen molar-refractivity contribution in [2.24, 2.45) is 0 Å². The lowest BCUT2D eigenvalue weighted by molar-refractivity contribution is -0.137. The zero-order chi connectivity index (χ0) is 17.5. The lowest BCUT2D eigenvalue weighted by atomic mass is 9.77. The molecular formula is C15H20BF3O4. The number of methoxy groups -OCH3 is 1. The van der Waals surface area contributed by atoms with E-state index in [0.29, 0.717) is 0 Å². The Morgan fingerprint density at radius 2 is 1.65 bits per heavy atom. The van der Waals surface area contributed by atoms with Crippen molar-refractivity contribution < 1.29 is 32.0 Å². The number of hydrogen-bond donors (Lipinski definition) is 0. The summed E-state index contributed by atoms with van der Waals surface area (Å²) in [5.74, 6) is 0.235. The summed E-state index contributed by atoms with van der Waals surface area (Å²) >= 11 is 0. The standard InChI is InChI=1S/C15H20BF3O4/c1-13(2)14(3,4)23-16(22-13)11-8-10(15(17,18)19)6-7-12(11)21-9-20-5/h6-8H,9H2,1-5H3. The number of halogens is 3. The summed E-state index contributed by atoms with van der Waals surface area (Å²) < 4.78 is 60.8. The van der Waals surface area contributed by atoms with E-state index in [-0.39, 0.29) is 18.0 Å². The van der Waals surface area contributed by atoms with Crippen LogP contribution in [-0.4, -0.2) is 32.2 Å². The summed E-state index contributed by atoms with van der Waals surface area (Å²) in [7, 11) is 0.479. The summed E-state index contributed by atoms with van der Waals surface area (Å²) in [6.45, 7) is 7.23. The maximum absolute atomic E-state index is 13.0. The number of alkyl halides is 3. The second kappa shape index (κ2) is 6.00. The van der Waals surface area contributed by atoms with E-state index in [2.05, 4.69) is 0 Å². The molecule has 0 N–H and O–H groups in total. The quantitative estimate of drug-likeness (QED) is 0.627. The van der Waals surface area contributed by atoms with E-state index in [0.717, 1.165) is 12.1 Å². The van der Waals surface area contributed by atoms with Gasteiger partial charge in [-0.2, -0.15) is 13.2 Å². The first-order valence-corrected chi connectivity index (χ1v) is 7.16. The maximum atomic E-state index is 13.0. The minimum atomic E-state index is -4.46. The average molecular weight is 332 g/mol. The second-order valence-corrected chi connectivity index (χ2v) is 6.39. The van der Waals surface area contributed by atoms with Gasteiger partial charge in [-0.25, -0.2) is 0 Å². The summed E-state index contributed by atoms with van der Waals surface area (Å²) in [6.07, 6.45) is -4.46. The molecule has 0 amide bonds. The van der Waals surface area contributed by atoms with Crippen LogP contribution in [0.2, 0.25) is 0 Å². The van der Waals surface area contributed by atoms with Crippen molar-refractivity contribution in [3.05, 3.63) is 23.8 Å². The van der Waals surface area contributed by atoms with E-state index in [1.807, 2.05) is 27.7 Å². The molecule has 0 bridgehead atoms. The summed E-state index contributed by atoms with van der Waals surface area (Å²) in [5, 5.41) is 0. The monoisotopic (exact) mass is 332 g/mol. The number of rotatable bonds is 4. The van der Waals surface area contributed by atoms with Crippen LogP contribution in [0.4, 0.5) is 13.2 Å². The molecule has 1 aromatic carbocycles. The molecule has 0 saturated carbocycles. The fourth-order valence-electron chi connectivity index (χ4n) is 2.13. The Balaban J connectivity index is 2.42. The molecule has 1 aromatic rings. The first-order valence-electron chi connectivity index (χ1n) is 7.16. The smallest absolute Gasteiger partial charge is 0.468 e. The van der Waals surface area contributed by atoms with Crippen molar-refractivity contribution >= 4 is 12.6 Å². The van der Waals surface area contributed by atoms with Crippen LogP contribution in [-0.2, 0) is 20.2 Å². The van der Waals surface area contributed by atoms with Gasteiger partial charge in [0.15, 0.2) is 6.79 Å². The van der Waals surface area contributed by atoms with Gasteiger partial charge < -0.3 is 18.8 Å². The van der Waals surface area contributed by atoms with Gasteiger partial charge in [0.1, 0.15) is 5.75 Å². The minimum absolute atomic E-state index is 0.0854. The highest BCUT2D eigenvalue weighted by Crippen LogP contribution is 2.38. The third-order valence-electron chi connectivity index (χ3n) is 4.18. The highest BCUT2D eigenvalue weighted by atomic mass is 19.4. The Morgan fingerprint density at radius 3 is 2.13 bits per heavy atom. The van der Waals surface area contributed by atoms with Crippen LogP contribution in [0, 0.1) is 0 Å². The van der Waals surface area contributed by atoms with Gasteiger partial charge in [0.2, 0.25) is 0 Å². The number of benzene rings is 1. The molecule has 0 radical (unpaired) electrons. The van der Waals surface area contributed by atoms with Crippen molar-refractivity contribution in [2.45, 2.75) is 45.1 Å². The van der Waals surface area contributed by atoms with Crippen LogP contribution in [0.5, 0.6) is 5.75 Å². The third-order valence-corrected chi connectivity index (χ3v) is 4.18. The first kappa shape index (κ1) is 18.1. The van der Waals surface area contributed by atoms with Crippen molar-refractivity contribution in [3.63, 3.8) is 0 Å². The van der Waals surface area contributed by atoms with E-state index in [9.17, 15) is 13.2 Å². The molecule has 23 heavy (non-hydrogen) atoms. The highest BCUT2D eigenvalue weighted by molar-refractivity contribution is 6.63. The summed E-state index contributed by atoms with van der Waals surface area (Å²) in [4.78, 5) is 0. The topological polar surface area (TPSA) is 36.9 Å². The van der Waals surface area contributed by atoms with Crippen molar-refractivity contribution in [1.29, 1.82) is 0 Å². The van der Waals surface area contributed by atoms with Gasteiger partial charge in [-0.05, 0) is 45.9 Å². The summed E-state index contributed by atoms with van der Waals surface area (Å²) in [6, 6.07) is 3.20. The molecule has 0 atom stereocenters. The van der Waals surface area contributed by atoms with Gasteiger partial charge in [0.25, 0.3) is 0 Å². The molecule has 1 saturated heterocycles. The predicted octanol–water partition coefficient (Wildman–Crippen LogP) is 2.99. The lowest BCUT2D eigenvalue weighted by Gasteiger charge is -2.32. The van der Waals surface area contributed by atoms with Crippen molar-refractivity contribution in [2.75, 3.05) is 13.9 Å². The first-order chi connectivity index (χ1) is 10.5. The van der Waals surface area contributed by atoms with E-state index >= 15 is 0 Å². The van der Waals surface area contributed by atoms with Crippen LogP contribution >= 0.6 is 0 Å². The van der Waals surface area contributed by atoms with E-state index < -0.39 is 30.1 Å². The van der Waals surface area contributed by atoms with Gasteiger partial charge in [0, 0.05) is 12.6 Å². The minimum Gasteiger partial charge on any atom is -0.468 e. The van der Waals surface area contributed by atoms with Crippen molar-refractivity contribution in [1.82, 2.24) is 0 Å². The van der Waals surface area contributed by atoms with Gasteiger partial charge in [0.05, 0.1) is 16.8 Å². The Labute approximate surface area is 134 Å². The van der Waals surface area contributed by atoms with E-state index in [1.54, 1.807) is 0 Å². The molecule has 0 aliphatic carbocycles. The fourth-order valence-corrected chi connectivity index (χ4v) is 2.13. The second-order valence-electron chi connectivity index (χ2n) is 6.39. The SMILES string of the molecule is COCOc1ccc(C(F)(F)F)cc1B1OC(C)(C)C(C)(C)O1. The molecule has 0 spiro atoms. The molecule has 2 rings (SSSR count). The zero-order valence-corrected chi connectivity index (χ0v) is 13.8. The average Bonchev–Trinajstić information content (AvgIpc) is 2.64. The molecule has 0 unspecified atom stereocenters. The molecule has 1 fully saturated rings. The zero-order valence-electron chi connectivity index (χ0n) is 13.8. The Hall–Kier alpha value is -1.25. The molecule has 128 valence electrons. The molecule has 1 aliphatic heterocycles. The van der Waals surface area contributed by atoms with Crippen LogP contribution in [0.3, 0.4) is 0 Å². The molecule has 4 nitrogen and oxygen atoms in total. The van der Waals surface area contributed by atoms with Crippen molar-refractivity contribution in [3.8, 4) is 5.75 Å². The van der Waals surface area contributed by atoms with E-state index in [1.165, 1.54) is 13.2 Å². The van der Waals surface area contributed by atoms with Crippen LogP contribution in [0.1, 0.15) is 33.3 Å². The fraction of sp³-hybridized carbons (Fsp3) is 0.600. The predicted molar refractivity (Wildman–Crippen MR) is 79.7 cm³/mol. The molecule has 1 aliphatic rings. The lowest BCUT2D eigenvalue weighted by Crippen LogP contribution is -2.41. The largest absolute Gasteiger partial charge is 0.498 e. The Kier molecular flexibility index (Phi) is 4.72. The van der Waals surface area contributed by atoms with Crippen LogP contribution in [0.15, 0.2) is 18.2 Å². The summed E-state index contributed by atoms with van der Waals surface area (Å²) in [5.41, 5.74) is -1.92. The van der Waals surface area contributed by atoms with Gasteiger partial charge in [-0.3, -0.25) is 0 Å². The molecule has 1 heterocycles. The molecular weight excluding hydrogens is 312 g/mol. The highest BCUT2D eigenvalue weighted by Gasteiger charge is 2.52. The van der Waals surface area contributed by atoms with Gasteiger partial charge in [-0.1, -0.05) is 0 Å². The Morgan fingerprint density at radius 1 is 1.09 bits per heavy atom. The van der Waals surface area contributed by atoms with Crippen LogP contribution < -0.4 is 10.2 Å². The maximum Gasteiger partial charge on any atom is 0.498 e.